The molecule has 2 aliphatic carbocycles. The number of fused-ring (bicyclic) bond motifs is 1. The van der Waals surface area contributed by atoms with Gasteiger partial charge in [-0.15, -0.1) is 0 Å². The molecule has 0 spiro atoms. The summed E-state index contributed by atoms with van der Waals surface area (Å²) in [5.74, 6) is 0. The van der Waals surface area contributed by atoms with Gasteiger partial charge in [0.1, 0.15) is 0 Å². The summed E-state index contributed by atoms with van der Waals surface area (Å²) < 4.78 is 0.663. The van der Waals surface area contributed by atoms with Gasteiger partial charge < -0.3 is 0 Å². The molecule has 0 fully saturated rings. The molecule has 0 aromatic heterocycles. The minimum atomic E-state index is -3.09. The van der Waals surface area contributed by atoms with E-state index in [1.54, 1.807) is 16.7 Å². The molecular formula is C24H32Br2Zr. The Kier molecular flexibility index (Phi) is 6.12. The molecule has 146 valence electrons. The molecule has 0 saturated carbocycles. The summed E-state index contributed by atoms with van der Waals surface area (Å²) in [4.78, 5) is 0. The first-order chi connectivity index (χ1) is 12.5. The molecule has 0 radical (unpaired) electrons. The first-order valence-electron chi connectivity index (χ1n) is 10.0. The number of allylic oxidation sites excluding steroid dienone is 5. The Morgan fingerprint density at radius 3 is 2.22 bits per heavy atom. The van der Waals surface area contributed by atoms with Crippen molar-refractivity contribution in [1.82, 2.24) is 0 Å². The van der Waals surface area contributed by atoms with Gasteiger partial charge in [0.2, 0.25) is 0 Å². The van der Waals surface area contributed by atoms with E-state index in [0.29, 0.717) is 3.63 Å². The van der Waals surface area contributed by atoms with Crippen LogP contribution in [0.4, 0.5) is 0 Å². The Balaban J connectivity index is 2.23. The first kappa shape index (κ1) is 22.0. The summed E-state index contributed by atoms with van der Waals surface area (Å²) in [7, 11) is 0. The maximum atomic E-state index is 4.47. The fourth-order valence-electron chi connectivity index (χ4n) is 5.40. The van der Waals surface area contributed by atoms with Gasteiger partial charge in [-0.1, -0.05) is 0 Å². The van der Waals surface area contributed by atoms with Gasteiger partial charge in [0.05, 0.1) is 0 Å². The van der Waals surface area contributed by atoms with Gasteiger partial charge in [0, 0.05) is 0 Å². The van der Waals surface area contributed by atoms with Crippen LogP contribution < -0.4 is 0 Å². The van der Waals surface area contributed by atoms with E-state index in [9.17, 15) is 0 Å². The molecule has 27 heavy (non-hydrogen) atoms. The van der Waals surface area contributed by atoms with E-state index in [2.05, 4.69) is 98.0 Å². The molecule has 0 heterocycles. The molecule has 3 rings (SSSR count). The average Bonchev–Trinajstić information content (AvgIpc) is 3.00. The molecule has 2 unspecified atom stereocenters. The van der Waals surface area contributed by atoms with Crippen LogP contribution in [0.1, 0.15) is 80.3 Å². The number of aryl methyl sites for hydroxylation is 2. The summed E-state index contributed by atoms with van der Waals surface area (Å²) in [6.07, 6.45) is 4.85. The molecule has 1 aromatic rings. The van der Waals surface area contributed by atoms with Crippen LogP contribution >= 0.6 is 24.4 Å². The van der Waals surface area contributed by atoms with Crippen LogP contribution in [0.25, 0.3) is 6.08 Å². The van der Waals surface area contributed by atoms with Gasteiger partial charge in [0.15, 0.2) is 0 Å². The molecule has 0 N–H and O–H groups in total. The zero-order valence-corrected chi connectivity index (χ0v) is 23.6. The second-order valence-corrected chi connectivity index (χ2v) is 36.8. The molecule has 0 bridgehead atoms. The quantitative estimate of drug-likeness (QED) is 0.338. The van der Waals surface area contributed by atoms with Crippen molar-refractivity contribution in [2.45, 2.75) is 75.0 Å². The van der Waals surface area contributed by atoms with E-state index in [1.165, 1.54) is 46.3 Å². The Morgan fingerprint density at radius 1 is 1.00 bits per heavy atom. The predicted molar refractivity (Wildman–Crippen MR) is 125 cm³/mol. The Morgan fingerprint density at radius 2 is 1.63 bits per heavy atom. The number of benzene rings is 1. The zero-order chi connectivity index (χ0) is 20.3. The second-order valence-electron chi connectivity index (χ2n) is 8.76. The zero-order valence-electron chi connectivity index (χ0n) is 18.0. The van der Waals surface area contributed by atoms with Crippen molar-refractivity contribution in [3.63, 3.8) is 0 Å². The summed E-state index contributed by atoms with van der Waals surface area (Å²) in [5, 5.41) is 0. The van der Waals surface area contributed by atoms with Crippen LogP contribution in [-0.2, 0) is 15.6 Å². The van der Waals surface area contributed by atoms with Gasteiger partial charge in [0.25, 0.3) is 0 Å². The Labute approximate surface area is 181 Å². The van der Waals surface area contributed by atoms with E-state index >= 15 is 0 Å². The fourth-order valence-corrected chi connectivity index (χ4v) is 27.0. The van der Waals surface area contributed by atoms with E-state index in [-0.39, 0.29) is 3.12 Å². The number of halogens is 2. The van der Waals surface area contributed by atoms with E-state index in [4.69, 9.17) is 0 Å². The summed E-state index contributed by atoms with van der Waals surface area (Å²) in [5.41, 5.74) is 13.6. The normalized spacial score (nSPS) is 25.4. The SMILES string of the molecule is CCCC1=C(C)C(C)=C(C)[C]1(C)[Zr]([Br])([Br])[CH]1C(C)=Cc2c(C)cc(C)cc21. The molecule has 0 nitrogen and oxygen atoms in total. The van der Waals surface area contributed by atoms with Crippen LogP contribution in [0.3, 0.4) is 0 Å². The van der Waals surface area contributed by atoms with Crippen molar-refractivity contribution in [2.75, 3.05) is 0 Å². The van der Waals surface area contributed by atoms with Crippen molar-refractivity contribution in [3.8, 4) is 0 Å². The molecule has 0 aliphatic heterocycles. The average molecular weight is 572 g/mol. The summed E-state index contributed by atoms with van der Waals surface area (Å²) in [6.45, 7) is 18.7. The Bertz CT molecular complexity index is 901. The van der Waals surface area contributed by atoms with Crippen molar-refractivity contribution in [1.29, 1.82) is 0 Å². The summed E-state index contributed by atoms with van der Waals surface area (Å²) in [6, 6.07) is 4.76. The maximum absolute atomic E-state index is 4.47. The van der Waals surface area contributed by atoms with Crippen LogP contribution in [-0.4, -0.2) is 0 Å². The third-order valence-corrected chi connectivity index (χ3v) is 30.6. The van der Waals surface area contributed by atoms with Gasteiger partial charge in [-0.25, -0.2) is 0 Å². The van der Waals surface area contributed by atoms with Gasteiger partial charge in [-0.05, 0) is 0 Å². The van der Waals surface area contributed by atoms with E-state index < -0.39 is 15.6 Å². The van der Waals surface area contributed by atoms with Crippen LogP contribution in [0, 0.1) is 13.8 Å². The number of rotatable bonds is 4. The topological polar surface area (TPSA) is 0 Å². The standard InChI is InChI=1S/C12H13.C12H19.2BrH.Zr/c1-8-4-10(3)12-7-9(2)6-11(12)5-8;1-6-7-12-10(4)8(2)9(3)11(12)5;;;/h4-7H,1-3H3;6-7H2,1-5H3;2*1H;/q;;;;+2/p-2. The van der Waals surface area contributed by atoms with Gasteiger partial charge in [-0.3, -0.25) is 0 Å². The van der Waals surface area contributed by atoms with Gasteiger partial charge in [-0.2, -0.15) is 0 Å². The molecule has 2 atom stereocenters. The molecule has 1 aromatic carbocycles. The van der Waals surface area contributed by atoms with Crippen molar-refractivity contribution in [3.05, 3.63) is 62.3 Å². The minimum absolute atomic E-state index is 0.151. The number of hydrogen-bond donors (Lipinski definition) is 0. The van der Waals surface area contributed by atoms with Crippen LogP contribution in [0.2, 0.25) is 3.12 Å². The fraction of sp³-hybridized carbons (Fsp3) is 0.500. The Hall–Kier alpha value is 0.283. The summed E-state index contributed by atoms with van der Waals surface area (Å²) >= 11 is 5.86. The van der Waals surface area contributed by atoms with Gasteiger partial charge >= 0.3 is 183 Å². The van der Waals surface area contributed by atoms with E-state index in [0.717, 1.165) is 0 Å². The molecular weight excluding hydrogens is 539 g/mol. The van der Waals surface area contributed by atoms with Crippen LogP contribution in [0.15, 0.2) is 40.0 Å². The van der Waals surface area contributed by atoms with Crippen molar-refractivity contribution in [2.24, 2.45) is 0 Å². The predicted octanol–water partition coefficient (Wildman–Crippen LogP) is 9.18. The number of hydrogen-bond acceptors (Lipinski definition) is 0. The van der Waals surface area contributed by atoms with Crippen LogP contribution in [0.5, 0.6) is 0 Å². The first-order valence-corrected chi connectivity index (χ1v) is 23.9. The second kappa shape index (κ2) is 7.51. The molecule has 0 saturated heterocycles. The van der Waals surface area contributed by atoms with Crippen molar-refractivity contribution >= 4 is 30.5 Å². The molecule has 0 amide bonds. The third-order valence-electron chi connectivity index (χ3n) is 7.16. The molecule has 2 aliphatic rings. The third kappa shape index (κ3) is 3.14. The monoisotopic (exact) mass is 568 g/mol. The van der Waals surface area contributed by atoms with E-state index in [1.807, 2.05) is 0 Å². The van der Waals surface area contributed by atoms with Crippen molar-refractivity contribution < 1.29 is 15.6 Å². The molecule has 3 heteroatoms.